The fourth-order valence-corrected chi connectivity index (χ4v) is 2.52. The fourth-order valence-electron chi connectivity index (χ4n) is 2.52. The molecule has 0 aromatic heterocycles. The highest BCUT2D eigenvalue weighted by Crippen LogP contribution is 2.33. The molecule has 2 atom stereocenters. The second-order valence-corrected chi connectivity index (χ2v) is 6.23. The molecule has 0 saturated heterocycles. The molecule has 130 valence electrons. The van der Waals surface area contributed by atoms with Crippen LogP contribution in [-0.2, 0) is 20.8 Å². The Morgan fingerprint density at radius 3 is 2.29 bits per heavy atom. The van der Waals surface area contributed by atoms with Crippen molar-refractivity contribution in [3.05, 3.63) is 35.6 Å². The van der Waals surface area contributed by atoms with Crippen molar-refractivity contribution in [1.29, 1.82) is 0 Å². The molecule has 3 amide bonds. The van der Waals surface area contributed by atoms with Crippen molar-refractivity contribution in [3.63, 3.8) is 0 Å². The number of carbonyl (C=O) groups excluding carboxylic acids is 3. The molecule has 1 fully saturated rings. The molecule has 0 heterocycles. The highest BCUT2D eigenvalue weighted by atomic mass is 19.1. The average Bonchev–Trinajstić information content (AvgIpc) is 3.31. The molecular weight excluding hydrogens is 313 g/mol. The van der Waals surface area contributed by atoms with Gasteiger partial charge in [-0.15, -0.1) is 0 Å². The molecule has 7 heteroatoms. The lowest BCUT2D eigenvalue weighted by atomic mass is 10.0. The van der Waals surface area contributed by atoms with Crippen molar-refractivity contribution in [2.75, 3.05) is 0 Å². The number of benzene rings is 1. The van der Waals surface area contributed by atoms with E-state index in [1.807, 2.05) is 0 Å². The predicted octanol–water partition coefficient (Wildman–Crippen LogP) is 0.643. The third-order valence-electron chi connectivity index (χ3n) is 3.97. The summed E-state index contributed by atoms with van der Waals surface area (Å²) in [5.41, 5.74) is 6.05. The minimum Gasteiger partial charge on any atom is -0.368 e. The Hall–Kier alpha value is -2.44. The quantitative estimate of drug-likeness (QED) is 0.650. The van der Waals surface area contributed by atoms with E-state index < -0.39 is 23.9 Å². The van der Waals surface area contributed by atoms with Crippen LogP contribution in [0.5, 0.6) is 0 Å². The van der Waals surface area contributed by atoms with Crippen LogP contribution in [-0.4, -0.2) is 29.8 Å². The molecule has 0 aliphatic heterocycles. The highest BCUT2D eigenvalue weighted by molar-refractivity contribution is 5.91. The largest absolute Gasteiger partial charge is 0.368 e. The Morgan fingerprint density at radius 2 is 1.79 bits per heavy atom. The second kappa shape index (κ2) is 7.90. The van der Waals surface area contributed by atoms with E-state index in [4.69, 9.17) is 5.73 Å². The monoisotopic (exact) mass is 335 g/mol. The lowest BCUT2D eigenvalue weighted by Crippen LogP contribution is -2.53. The topological polar surface area (TPSA) is 101 Å². The van der Waals surface area contributed by atoms with Gasteiger partial charge in [0.15, 0.2) is 0 Å². The van der Waals surface area contributed by atoms with Crippen molar-refractivity contribution in [1.82, 2.24) is 10.6 Å². The maximum absolute atomic E-state index is 13.0. The Bertz CT molecular complexity index is 614. The van der Waals surface area contributed by atoms with Crippen LogP contribution >= 0.6 is 0 Å². The molecule has 0 spiro atoms. The number of amides is 3. The number of rotatable bonds is 8. The average molecular weight is 335 g/mol. The zero-order chi connectivity index (χ0) is 17.7. The highest BCUT2D eigenvalue weighted by Gasteiger charge is 2.31. The van der Waals surface area contributed by atoms with E-state index in [1.165, 1.54) is 19.1 Å². The first-order valence-corrected chi connectivity index (χ1v) is 7.96. The van der Waals surface area contributed by atoms with Crippen LogP contribution in [0.3, 0.4) is 0 Å². The molecule has 1 aromatic carbocycles. The molecule has 1 aliphatic rings. The number of nitrogens with two attached hydrogens (primary N) is 1. The summed E-state index contributed by atoms with van der Waals surface area (Å²) < 4.78 is 13.0. The molecule has 0 radical (unpaired) electrons. The zero-order valence-electron chi connectivity index (χ0n) is 13.5. The van der Waals surface area contributed by atoms with Crippen LogP contribution < -0.4 is 16.4 Å². The van der Waals surface area contributed by atoms with Crippen molar-refractivity contribution < 1.29 is 18.8 Å². The van der Waals surface area contributed by atoms with Crippen LogP contribution in [0.4, 0.5) is 4.39 Å². The zero-order valence-corrected chi connectivity index (χ0v) is 13.5. The van der Waals surface area contributed by atoms with Crippen LogP contribution in [0.15, 0.2) is 24.3 Å². The first kappa shape index (κ1) is 17.9. The molecule has 6 nitrogen and oxygen atoms in total. The Labute approximate surface area is 140 Å². The van der Waals surface area contributed by atoms with Gasteiger partial charge in [-0.2, -0.15) is 0 Å². The number of primary amides is 1. The van der Waals surface area contributed by atoms with Gasteiger partial charge in [0.1, 0.15) is 17.9 Å². The maximum atomic E-state index is 13.0. The van der Waals surface area contributed by atoms with Crippen molar-refractivity contribution >= 4 is 17.7 Å². The number of halogens is 1. The van der Waals surface area contributed by atoms with Crippen LogP contribution in [0.2, 0.25) is 0 Å². The molecule has 2 rings (SSSR count). The van der Waals surface area contributed by atoms with E-state index in [9.17, 15) is 18.8 Å². The lowest BCUT2D eigenvalue weighted by Gasteiger charge is -2.21. The molecule has 4 N–H and O–H groups in total. The summed E-state index contributed by atoms with van der Waals surface area (Å²) in [6.45, 7) is 1.31. The molecule has 24 heavy (non-hydrogen) atoms. The smallest absolute Gasteiger partial charge is 0.243 e. The van der Waals surface area contributed by atoms with Gasteiger partial charge in [-0.05, 0) is 30.0 Å². The van der Waals surface area contributed by atoms with E-state index in [2.05, 4.69) is 10.6 Å². The molecular formula is C17H22FN3O3. The van der Waals surface area contributed by atoms with E-state index in [0.717, 1.165) is 12.8 Å². The maximum Gasteiger partial charge on any atom is 0.243 e. The van der Waals surface area contributed by atoms with Gasteiger partial charge in [0.05, 0.1) is 0 Å². The summed E-state index contributed by atoms with van der Waals surface area (Å²) in [5.74, 6) is -1.38. The van der Waals surface area contributed by atoms with Gasteiger partial charge in [-0.1, -0.05) is 25.0 Å². The summed E-state index contributed by atoms with van der Waals surface area (Å²) in [4.78, 5) is 35.3. The summed E-state index contributed by atoms with van der Waals surface area (Å²) >= 11 is 0. The second-order valence-electron chi connectivity index (χ2n) is 6.23. The van der Waals surface area contributed by atoms with Gasteiger partial charge >= 0.3 is 0 Å². The fraction of sp³-hybridized carbons (Fsp3) is 0.471. The third-order valence-corrected chi connectivity index (χ3v) is 3.97. The summed E-state index contributed by atoms with van der Waals surface area (Å²) in [6.07, 6.45) is 2.78. The Morgan fingerprint density at radius 1 is 1.17 bits per heavy atom. The minimum atomic E-state index is -0.853. The third kappa shape index (κ3) is 5.64. The Balaban J connectivity index is 2.04. The molecule has 0 bridgehead atoms. The standard InChI is InChI=1S/C17H22FN3O3/c1-10(22)20-15(9-12-4-6-13(18)7-5-12)17(24)21-14(16(19)23)8-11-2-3-11/h4-7,11,14-15H,2-3,8-9H2,1H3,(H2,19,23)(H,20,22)(H,21,24)/t14-,15-/m0/s1. The van der Waals surface area contributed by atoms with Crippen LogP contribution in [0.1, 0.15) is 31.7 Å². The van der Waals surface area contributed by atoms with E-state index in [0.29, 0.717) is 17.9 Å². The number of hydrogen-bond donors (Lipinski definition) is 3. The molecule has 1 aliphatic carbocycles. The summed E-state index contributed by atoms with van der Waals surface area (Å²) in [6, 6.07) is 4.08. The van der Waals surface area contributed by atoms with E-state index in [1.54, 1.807) is 12.1 Å². The number of hydrogen-bond acceptors (Lipinski definition) is 3. The number of nitrogens with one attached hydrogen (secondary N) is 2. The van der Waals surface area contributed by atoms with Gasteiger partial charge in [0, 0.05) is 13.3 Å². The predicted molar refractivity (Wildman–Crippen MR) is 86.2 cm³/mol. The molecule has 0 unspecified atom stereocenters. The SMILES string of the molecule is CC(=O)N[C@@H](Cc1ccc(F)cc1)C(=O)N[C@@H](CC1CC1)C(N)=O. The van der Waals surface area contributed by atoms with Gasteiger partial charge in [0.25, 0.3) is 0 Å². The lowest BCUT2D eigenvalue weighted by molar-refractivity contribution is -0.131. The van der Waals surface area contributed by atoms with Gasteiger partial charge < -0.3 is 16.4 Å². The number of carbonyl (C=O) groups is 3. The molecule has 1 aromatic rings. The van der Waals surface area contributed by atoms with Crippen LogP contribution in [0.25, 0.3) is 0 Å². The minimum absolute atomic E-state index is 0.195. The first-order chi connectivity index (χ1) is 11.3. The summed E-state index contributed by atoms with van der Waals surface area (Å²) in [5, 5.41) is 5.18. The van der Waals surface area contributed by atoms with Crippen LogP contribution in [0, 0.1) is 11.7 Å². The first-order valence-electron chi connectivity index (χ1n) is 7.96. The van der Waals surface area contributed by atoms with E-state index >= 15 is 0 Å². The molecule has 1 saturated carbocycles. The normalized spacial score (nSPS) is 16.1. The van der Waals surface area contributed by atoms with Gasteiger partial charge in [-0.25, -0.2) is 4.39 Å². The van der Waals surface area contributed by atoms with E-state index in [-0.39, 0.29) is 18.1 Å². The van der Waals surface area contributed by atoms with Crippen molar-refractivity contribution in [2.24, 2.45) is 11.7 Å². The Kier molecular flexibility index (Phi) is 5.89. The van der Waals surface area contributed by atoms with Crippen molar-refractivity contribution in [3.8, 4) is 0 Å². The van der Waals surface area contributed by atoms with Gasteiger partial charge in [-0.3, -0.25) is 14.4 Å². The summed E-state index contributed by atoms with van der Waals surface area (Å²) in [7, 11) is 0. The van der Waals surface area contributed by atoms with Crippen molar-refractivity contribution in [2.45, 2.75) is 44.7 Å². The van der Waals surface area contributed by atoms with Gasteiger partial charge in [0.2, 0.25) is 17.7 Å².